The summed E-state index contributed by atoms with van der Waals surface area (Å²) in [6, 6.07) is 1.06. The first-order valence-electron chi connectivity index (χ1n) is 4.35. The molecule has 0 spiro atoms. The fourth-order valence-corrected chi connectivity index (χ4v) is 1.38. The van der Waals surface area contributed by atoms with Gasteiger partial charge in [-0.2, -0.15) is 0 Å². The molecule has 3 heteroatoms. The van der Waals surface area contributed by atoms with E-state index in [1.165, 1.54) is 0 Å². The van der Waals surface area contributed by atoms with Crippen LogP contribution in [0.5, 0.6) is 0 Å². The molecule has 1 aliphatic rings. The second-order valence-corrected chi connectivity index (χ2v) is 3.06. The number of nitrogens with one attached hydrogen (secondary N) is 2. The molecule has 0 radical (unpaired) electrons. The highest BCUT2D eigenvalue weighted by Crippen LogP contribution is 2.01. The normalized spacial score (nSPS) is 32.2. The molecule has 0 aromatic rings. The molecule has 11 heavy (non-hydrogen) atoms. The number of hydrogen-bond donors (Lipinski definition) is 2. The summed E-state index contributed by atoms with van der Waals surface area (Å²) in [6.45, 7) is 4.90. The number of ether oxygens (including phenoxy) is 1. The summed E-state index contributed by atoms with van der Waals surface area (Å²) in [5.74, 6) is 0. The quantitative estimate of drug-likeness (QED) is 0.605. The highest BCUT2D eigenvalue weighted by atomic mass is 16.5. The van der Waals surface area contributed by atoms with E-state index in [4.69, 9.17) is 4.74 Å². The molecule has 0 aromatic carbocycles. The van der Waals surface area contributed by atoms with Gasteiger partial charge in [0.15, 0.2) is 0 Å². The Bertz CT molecular complexity index is 106. The second-order valence-electron chi connectivity index (χ2n) is 3.06. The molecule has 1 aliphatic heterocycles. The van der Waals surface area contributed by atoms with Crippen molar-refractivity contribution >= 4 is 0 Å². The lowest BCUT2D eigenvalue weighted by atomic mass is 10.1. The maximum atomic E-state index is 5.44. The Morgan fingerprint density at radius 2 is 2.18 bits per heavy atom. The van der Waals surface area contributed by atoms with Crippen molar-refractivity contribution in [2.24, 2.45) is 0 Å². The van der Waals surface area contributed by atoms with Gasteiger partial charge in [-0.1, -0.05) is 6.92 Å². The highest BCUT2D eigenvalue weighted by Gasteiger charge is 2.18. The smallest absolute Gasteiger partial charge is 0.0632 e. The third-order valence-electron chi connectivity index (χ3n) is 2.05. The second kappa shape index (κ2) is 4.70. The molecule has 3 nitrogen and oxygen atoms in total. The Morgan fingerprint density at radius 3 is 2.82 bits per heavy atom. The molecule has 1 rings (SSSR count). The van der Waals surface area contributed by atoms with Gasteiger partial charge in [-0.25, -0.2) is 0 Å². The maximum Gasteiger partial charge on any atom is 0.0632 e. The standard InChI is InChI=1S/C8H18N2O/c1-3-7-5-11-6-8(10-7)4-9-2/h7-10H,3-6H2,1-2H3. The molecule has 66 valence electrons. The van der Waals surface area contributed by atoms with E-state index in [0.717, 1.165) is 26.2 Å². The van der Waals surface area contributed by atoms with Crippen LogP contribution >= 0.6 is 0 Å². The highest BCUT2D eigenvalue weighted by molar-refractivity contribution is 4.78. The van der Waals surface area contributed by atoms with Crippen molar-refractivity contribution in [1.29, 1.82) is 0 Å². The zero-order valence-corrected chi connectivity index (χ0v) is 7.39. The van der Waals surface area contributed by atoms with E-state index in [2.05, 4.69) is 17.6 Å². The lowest BCUT2D eigenvalue weighted by molar-refractivity contribution is 0.0450. The van der Waals surface area contributed by atoms with Crippen LogP contribution in [-0.4, -0.2) is 38.9 Å². The van der Waals surface area contributed by atoms with Gasteiger partial charge in [0.05, 0.1) is 13.2 Å². The SMILES string of the molecule is CCC1COCC(CNC)N1. The van der Waals surface area contributed by atoms with Crippen LogP contribution in [0.4, 0.5) is 0 Å². The lowest BCUT2D eigenvalue weighted by Gasteiger charge is -2.30. The van der Waals surface area contributed by atoms with Gasteiger partial charge in [0.1, 0.15) is 0 Å². The molecule has 2 unspecified atom stereocenters. The summed E-state index contributed by atoms with van der Waals surface area (Å²) >= 11 is 0. The Balaban J connectivity index is 2.21. The zero-order chi connectivity index (χ0) is 8.10. The summed E-state index contributed by atoms with van der Waals surface area (Å²) < 4.78 is 5.44. The predicted octanol–water partition coefficient (Wildman–Crippen LogP) is -0.0272. The zero-order valence-electron chi connectivity index (χ0n) is 7.39. The van der Waals surface area contributed by atoms with Gasteiger partial charge in [-0.3, -0.25) is 0 Å². The van der Waals surface area contributed by atoms with Crippen LogP contribution < -0.4 is 10.6 Å². The van der Waals surface area contributed by atoms with Gasteiger partial charge in [-0.15, -0.1) is 0 Å². The van der Waals surface area contributed by atoms with Crippen molar-refractivity contribution in [1.82, 2.24) is 10.6 Å². The van der Waals surface area contributed by atoms with Crippen molar-refractivity contribution in [3.63, 3.8) is 0 Å². The van der Waals surface area contributed by atoms with Gasteiger partial charge >= 0.3 is 0 Å². The lowest BCUT2D eigenvalue weighted by Crippen LogP contribution is -2.52. The van der Waals surface area contributed by atoms with Gasteiger partial charge in [0.25, 0.3) is 0 Å². The topological polar surface area (TPSA) is 33.3 Å². The van der Waals surface area contributed by atoms with Crippen molar-refractivity contribution in [3.8, 4) is 0 Å². The molecule has 0 aromatic heterocycles. The molecule has 0 saturated carbocycles. The van der Waals surface area contributed by atoms with Crippen molar-refractivity contribution < 1.29 is 4.74 Å². The molecular formula is C8H18N2O. The van der Waals surface area contributed by atoms with E-state index in [1.54, 1.807) is 0 Å². The molecule has 2 N–H and O–H groups in total. The predicted molar refractivity (Wildman–Crippen MR) is 45.7 cm³/mol. The summed E-state index contributed by atoms with van der Waals surface area (Å²) in [4.78, 5) is 0. The third kappa shape index (κ3) is 2.77. The first kappa shape index (κ1) is 8.97. The summed E-state index contributed by atoms with van der Waals surface area (Å²) in [6.07, 6.45) is 1.15. The van der Waals surface area contributed by atoms with Crippen LogP contribution in [0.25, 0.3) is 0 Å². The Morgan fingerprint density at radius 1 is 1.45 bits per heavy atom. The van der Waals surface area contributed by atoms with Gasteiger partial charge < -0.3 is 15.4 Å². The number of likely N-dealkylation sites (N-methyl/N-ethyl adjacent to an activating group) is 1. The van der Waals surface area contributed by atoms with Crippen LogP contribution in [0, 0.1) is 0 Å². The number of morpholine rings is 1. The summed E-state index contributed by atoms with van der Waals surface area (Å²) in [5, 5.41) is 6.66. The minimum Gasteiger partial charge on any atom is -0.378 e. The largest absolute Gasteiger partial charge is 0.378 e. The van der Waals surface area contributed by atoms with Crippen LogP contribution in [-0.2, 0) is 4.74 Å². The average molecular weight is 158 g/mol. The molecule has 2 atom stereocenters. The van der Waals surface area contributed by atoms with E-state index >= 15 is 0 Å². The molecule has 0 amide bonds. The number of hydrogen-bond acceptors (Lipinski definition) is 3. The molecule has 1 saturated heterocycles. The van der Waals surface area contributed by atoms with E-state index in [0.29, 0.717) is 12.1 Å². The Kier molecular flexibility index (Phi) is 3.83. The van der Waals surface area contributed by atoms with Crippen molar-refractivity contribution in [3.05, 3.63) is 0 Å². The van der Waals surface area contributed by atoms with Gasteiger partial charge in [0.2, 0.25) is 0 Å². The van der Waals surface area contributed by atoms with Gasteiger partial charge in [-0.05, 0) is 13.5 Å². The van der Waals surface area contributed by atoms with Crippen LogP contribution in [0.1, 0.15) is 13.3 Å². The molecule has 1 fully saturated rings. The van der Waals surface area contributed by atoms with E-state index in [-0.39, 0.29) is 0 Å². The monoisotopic (exact) mass is 158 g/mol. The maximum absolute atomic E-state index is 5.44. The first-order valence-corrected chi connectivity index (χ1v) is 4.35. The molecular weight excluding hydrogens is 140 g/mol. The fraction of sp³-hybridized carbons (Fsp3) is 1.00. The Hall–Kier alpha value is -0.120. The van der Waals surface area contributed by atoms with Crippen LogP contribution in [0.15, 0.2) is 0 Å². The van der Waals surface area contributed by atoms with Crippen LogP contribution in [0.3, 0.4) is 0 Å². The minimum absolute atomic E-state index is 0.499. The first-order chi connectivity index (χ1) is 5.36. The molecule has 0 aliphatic carbocycles. The average Bonchev–Trinajstić information content (AvgIpc) is 2.06. The van der Waals surface area contributed by atoms with Crippen LogP contribution in [0.2, 0.25) is 0 Å². The van der Waals surface area contributed by atoms with E-state index < -0.39 is 0 Å². The van der Waals surface area contributed by atoms with E-state index in [1.807, 2.05) is 7.05 Å². The molecule has 0 bridgehead atoms. The summed E-state index contributed by atoms with van der Waals surface area (Å²) in [5.41, 5.74) is 0. The van der Waals surface area contributed by atoms with Crippen molar-refractivity contribution in [2.45, 2.75) is 25.4 Å². The van der Waals surface area contributed by atoms with E-state index in [9.17, 15) is 0 Å². The van der Waals surface area contributed by atoms with Crippen molar-refractivity contribution in [2.75, 3.05) is 26.8 Å². The summed E-state index contributed by atoms with van der Waals surface area (Å²) in [7, 11) is 1.97. The minimum atomic E-state index is 0.499. The Labute approximate surface area is 68.5 Å². The third-order valence-corrected chi connectivity index (χ3v) is 2.05. The fourth-order valence-electron chi connectivity index (χ4n) is 1.38. The van der Waals surface area contributed by atoms with Gasteiger partial charge in [0, 0.05) is 18.6 Å². The number of rotatable bonds is 3. The molecule has 1 heterocycles.